The number of hydrogen-bond acceptors (Lipinski definition) is 5. The molecular weight excluding hydrogens is 494 g/mol. The lowest BCUT2D eigenvalue weighted by Crippen LogP contribution is -2.29. The number of fused-ring (bicyclic) bond motifs is 2. The number of carbonyl (C=O) groups is 3. The number of hydrogen-bond donors (Lipinski definition) is 3. The van der Waals surface area contributed by atoms with E-state index in [0.29, 0.717) is 16.5 Å². The molecule has 1 aliphatic rings. The van der Waals surface area contributed by atoms with Crippen LogP contribution in [0.1, 0.15) is 45.0 Å². The minimum absolute atomic E-state index is 0.0117. The smallest absolute Gasteiger partial charge is 0.252 e. The van der Waals surface area contributed by atoms with Gasteiger partial charge in [-0.25, -0.2) is 0 Å². The first-order chi connectivity index (χ1) is 17.8. The number of primary amides is 1. The van der Waals surface area contributed by atoms with Crippen molar-refractivity contribution >= 4 is 50.9 Å². The Bertz CT molecular complexity index is 1540. The van der Waals surface area contributed by atoms with Crippen LogP contribution in [0.2, 0.25) is 5.02 Å². The number of ether oxygens (including phenoxy) is 1. The van der Waals surface area contributed by atoms with Gasteiger partial charge in [0.1, 0.15) is 12.3 Å². The normalized spacial score (nSPS) is 13.1. The minimum Gasteiger partial charge on any atom is -0.485 e. The summed E-state index contributed by atoms with van der Waals surface area (Å²) >= 11 is 6.07. The lowest BCUT2D eigenvalue weighted by atomic mass is 10.0. The monoisotopic (exact) mass is 519 g/mol. The second-order valence-corrected chi connectivity index (χ2v) is 9.65. The van der Waals surface area contributed by atoms with Crippen molar-refractivity contribution in [1.82, 2.24) is 9.88 Å². The van der Waals surface area contributed by atoms with Crippen LogP contribution in [0.15, 0.2) is 54.7 Å². The summed E-state index contributed by atoms with van der Waals surface area (Å²) in [5.41, 5.74) is 8.10. The number of rotatable bonds is 10. The highest BCUT2D eigenvalue weighted by Crippen LogP contribution is 2.41. The molecular formula is C28H26ClN3O5. The second-order valence-electron chi connectivity index (χ2n) is 9.21. The maximum absolute atomic E-state index is 13.3. The number of carbonyl (C=O) groups excluding carboxylic acids is 3. The van der Waals surface area contributed by atoms with Crippen LogP contribution >= 0.6 is 11.6 Å². The zero-order chi connectivity index (χ0) is 26.1. The molecule has 4 N–H and O–H groups in total. The van der Waals surface area contributed by atoms with Crippen LogP contribution in [0.5, 0.6) is 5.75 Å². The Morgan fingerprint density at radius 2 is 1.86 bits per heavy atom. The van der Waals surface area contributed by atoms with E-state index in [1.807, 2.05) is 18.2 Å². The summed E-state index contributed by atoms with van der Waals surface area (Å²) in [7, 11) is 0. The molecule has 190 valence electrons. The summed E-state index contributed by atoms with van der Waals surface area (Å²) in [5, 5.41) is 14.4. The van der Waals surface area contributed by atoms with E-state index in [2.05, 4.69) is 5.32 Å². The molecule has 0 spiro atoms. The molecule has 37 heavy (non-hydrogen) atoms. The third-order valence-corrected chi connectivity index (χ3v) is 6.76. The van der Waals surface area contributed by atoms with Gasteiger partial charge in [-0.15, -0.1) is 0 Å². The summed E-state index contributed by atoms with van der Waals surface area (Å²) in [5.74, 6) is -0.527. The van der Waals surface area contributed by atoms with Crippen LogP contribution in [0.3, 0.4) is 0 Å². The van der Waals surface area contributed by atoms with E-state index in [4.69, 9.17) is 27.2 Å². The van der Waals surface area contributed by atoms with Crippen LogP contribution < -0.4 is 15.8 Å². The van der Waals surface area contributed by atoms with E-state index in [1.54, 1.807) is 41.1 Å². The number of aliphatic hydroxyl groups excluding tert-OH is 1. The maximum Gasteiger partial charge on any atom is 0.252 e. The molecule has 0 saturated heterocycles. The lowest BCUT2D eigenvalue weighted by Gasteiger charge is -2.11. The Hall–Kier alpha value is -3.88. The van der Waals surface area contributed by atoms with E-state index in [1.165, 1.54) is 5.56 Å². The molecule has 0 atom stereocenters. The van der Waals surface area contributed by atoms with Crippen molar-refractivity contribution in [2.75, 3.05) is 19.8 Å². The predicted octanol–water partition coefficient (Wildman–Crippen LogP) is 3.79. The van der Waals surface area contributed by atoms with Crippen LogP contribution in [-0.4, -0.2) is 47.0 Å². The number of nitrogens with one attached hydrogen (secondary N) is 1. The zero-order valence-corrected chi connectivity index (χ0v) is 20.8. The van der Waals surface area contributed by atoms with Crippen molar-refractivity contribution < 1.29 is 24.2 Å². The molecule has 5 rings (SSSR count). The molecule has 1 aliphatic carbocycles. The minimum atomic E-state index is -0.678. The number of ketones is 1. The van der Waals surface area contributed by atoms with Gasteiger partial charge in [0, 0.05) is 34.2 Å². The van der Waals surface area contributed by atoms with Gasteiger partial charge in [-0.1, -0.05) is 29.8 Å². The van der Waals surface area contributed by atoms with Gasteiger partial charge >= 0.3 is 0 Å². The Morgan fingerprint density at radius 1 is 1.05 bits per heavy atom. The van der Waals surface area contributed by atoms with Gasteiger partial charge in [0.15, 0.2) is 6.61 Å². The van der Waals surface area contributed by atoms with Gasteiger partial charge in [-0.2, -0.15) is 0 Å². The van der Waals surface area contributed by atoms with Gasteiger partial charge in [0.05, 0.1) is 12.2 Å². The van der Waals surface area contributed by atoms with Gasteiger partial charge < -0.3 is 25.5 Å². The zero-order valence-electron chi connectivity index (χ0n) is 20.0. The van der Waals surface area contributed by atoms with Crippen LogP contribution in [0.4, 0.5) is 0 Å². The largest absolute Gasteiger partial charge is 0.485 e. The average Bonchev–Trinajstić information content (AvgIpc) is 3.68. The number of amides is 2. The fourth-order valence-electron chi connectivity index (χ4n) is 4.52. The summed E-state index contributed by atoms with van der Waals surface area (Å²) < 4.78 is 7.56. The Labute approximate surface area is 217 Å². The summed E-state index contributed by atoms with van der Waals surface area (Å²) in [4.78, 5) is 37.8. The van der Waals surface area contributed by atoms with Gasteiger partial charge in [-0.3, -0.25) is 14.4 Å². The van der Waals surface area contributed by atoms with E-state index >= 15 is 0 Å². The highest BCUT2D eigenvalue weighted by atomic mass is 35.5. The molecule has 1 aromatic heterocycles. The average molecular weight is 520 g/mol. The number of Topliss-reactive ketones (excluding diaryl/α,β-unsaturated/α-hetero) is 1. The predicted molar refractivity (Wildman–Crippen MR) is 141 cm³/mol. The molecule has 0 bridgehead atoms. The van der Waals surface area contributed by atoms with E-state index in [-0.39, 0.29) is 49.3 Å². The van der Waals surface area contributed by atoms with Gasteiger partial charge in [0.25, 0.3) is 5.91 Å². The molecule has 0 aliphatic heterocycles. The van der Waals surface area contributed by atoms with Crippen LogP contribution in [0, 0.1) is 0 Å². The molecule has 9 heteroatoms. The Kier molecular flexibility index (Phi) is 6.86. The second kappa shape index (κ2) is 10.2. The fourth-order valence-corrected chi connectivity index (χ4v) is 4.70. The van der Waals surface area contributed by atoms with Crippen LogP contribution in [-0.2, 0) is 11.3 Å². The van der Waals surface area contributed by atoms with E-state index in [0.717, 1.165) is 34.5 Å². The Balaban J connectivity index is 1.44. The Morgan fingerprint density at radius 3 is 2.59 bits per heavy atom. The third kappa shape index (κ3) is 5.30. The van der Waals surface area contributed by atoms with E-state index < -0.39 is 5.91 Å². The van der Waals surface area contributed by atoms with Crippen molar-refractivity contribution in [3.05, 3.63) is 76.4 Å². The molecule has 1 heterocycles. The maximum atomic E-state index is 13.3. The van der Waals surface area contributed by atoms with Gasteiger partial charge in [0.2, 0.25) is 11.7 Å². The first-order valence-corrected chi connectivity index (χ1v) is 12.4. The van der Waals surface area contributed by atoms with Crippen molar-refractivity contribution in [3.8, 4) is 5.75 Å². The number of benzene rings is 3. The van der Waals surface area contributed by atoms with Crippen molar-refractivity contribution in [3.63, 3.8) is 0 Å². The molecule has 2 amide bonds. The first-order valence-electron chi connectivity index (χ1n) is 12.0. The molecule has 8 nitrogen and oxygen atoms in total. The summed E-state index contributed by atoms with van der Waals surface area (Å²) in [6.45, 7) is -0.303. The summed E-state index contributed by atoms with van der Waals surface area (Å²) in [6, 6.07) is 14.5. The van der Waals surface area contributed by atoms with Gasteiger partial charge in [-0.05, 0) is 65.4 Å². The quantitative estimate of drug-likeness (QED) is 0.275. The number of nitrogens with zero attached hydrogens (tertiary/aromatic N) is 1. The number of aliphatic hydroxyl groups is 1. The molecule has 3 aromatic carbocycles. The van der Waals surface area contributed by atoms with Crippen molar-refractivity contribution in [2.24, 2.45) is 5.73 Å². The van der Waals surface area contributed by atoms with Crippen molar-refractivity contribution in [1.29, 1.82) is 0 Å². The van der Waals surface area contributed by atoms with E-state index in [9.17, 15) is 14.4 Å². The molecule has 0 radical (unpaired) electrons. The fraction of sp³-hybridized carbons (Fsp3) is 0.250. The topological polar surface area (TPSA) is 124 Å². The molecule has 1 fully saturated rings. The van der Waals surface area contributed by atoms with Crippen molar-refractivity contribution in [2.45, 2.75) is 25.3 Å². The first kappa shape index (κ1) is 24.8. The molecule has 0 unspecified atom stereocenters. The highest BCUT2D eigenvalue weighted by molar-refractivity contribution is 6.31. The number of nitrogens with two attached hydrogens (primary N) is 1. The molecule has 1 saturated carbocycles. The summed E-state index contributed by atoms with van der Waals surface area (Å²) in [6.07, 6.45) is 3.91. The van der Waals surface area contributed by atoms with Crippen LogP contribution in [0.25, 0.3) is 21.7 Å². The lowest BCUT2D eigenvalue weighted by molar-refractivity contribution is -0.121. The number of aromatic nitrogens is 1. The third-order valence-electron chi connectivity index (χ3n) is 6.53. The number of halogens is 1. The molecule has 4 aromatic rings. The standard InChI is InChI=1S/C28H26ClN3O5/c29-20-5-3-18-12-26(22(28(30)36)10-19(18)9-20)37-15-25(34)23-13-32(14-27(35)31-7-8-33)24-11-17(16-1-2-16)4-6-21(23)24/h3-6,9-13,16,33H,1-2,7-8,14-15H2,(H2,30,36)(H,31,35). The SMILES string of the molecule is NC(=O)c1cc2cc(Cl)ccc2cc1OCC(=O)c1cn(CC(=O)NCCO)c2cc(C3CC3)ccc12. The highest BCUT2D eigenvalue weighted by Gasteiger charge is 2.25.